The molecule has 1 aromatic carbocycles. The number of carbonyl (C=O) groups is 1. The van der Waals surface area contributed by atoms with Gasteiger partial charge in [0, 0.05) is 11.5 Å². The van der Waals surface area contributed by atoms with E-state index in [4.69, 9.17) is 0 Å². The third-order valence-electron chi connectivity index (χ3n) is 3.90. The second kappa shape index (κ2) is 5.46. The molecule has 1 aliphatic rings. The first kappa shape index (κ1) is 12.3. The van der Waals surface area contributed by atoms with Crippen LogP contribution in [0.5, 0.6) is 0 Å². The molecule has 1 aromatic rings. The molecule has 3 atom stereocenters. The Bertz CT molecular complexity index is 372. The Kier molecular flexibility index (Phi) is 3.95. The van der Waals surface area contributed by atoms with E-state index in [0.29, 0.717) is 0 Å². The van der Waals surface area contributed by atoms with Gasteiger partial charge in [-0.1, -0.05) is 50.1 Å². The minimum absolute atomic E-state index is 0.0762. The van der Waals surface area contributed by atoms with Gasteiger partial charge in [0.15, 0.2) is 5.78 Å². The Hall–Kier alpha value is -1.15. The lowest BCUT2D eigenvalue weighted by atomic mass is 9.76. The molecule has 2 rings (SSSR count). The van der Waals surface area contributed by atoms with Crippen molar-refractivity contribution >= 4 is 5.78 Å². The molecule has 0 bridgehead atoms. The maximum atomic E-state index is 12.3. The van der Waals surface area contributed by atoms with Gasteiger partial charge in [0.25, 0.3) is 0 Å². The Morgan fingerprint density at radius 3 is 2.53 bits per heavy atom. The monoisotopic (exact) mass is 232 g/mol. The van der Waals surface area contributed by atoms with Crippen molar-refractivity contribution in [2.45, 2.75) is 38.7 Å². The molecule has 92 valence electrons. The summed E-state index contributed by atoms with van der Waals surface area (Å²) >= 11 is 0. The van der Waals surface area contributed by atoms with Crippen molar-refractivity contribution in [3.05, 3.63) is 35.9 Å². The number of hydrogen-bond donors (Lipinski definition) is 1. The van der Waals surface area contributed by atoms with Crippen LogP contribution < -0.4 is 0 Å². The number of ketones is 1. The molecule has 1 aliphatic carbocycles. The number of Topliss-reactive ketones (excluding diaryl/α,β-unsaturated/α-hetero) is 1. The number of benzene rings is 1. The highest BCUT2D eigenvalue weighted by molar-refractivity contribution is 5.97. The van der Waals surface area contributed by atoms with Crippen molar-refractivity contribution in [3.63, 3.8) is 0 Å². The van der Waals surface area contributed by atoms with Gasteiger partial charge in [-0.3, -0.25) is 4.79 Å². The maximum Gasteiger partial charge on any atom is 0.166 e. The number of aliphatic hydroxyl groups excluding tert-OH is 1. The van der Waals surface area contributed by atoms with Crippen LogP contribution in [-0.4, -0.2) is 17.0 Å². The molecule has 1 unspecified atom stereocenters. The number of carbonyl (C=O) groups excluding carboxylic acids is 1. The number of hydrogen-bond acceptors (Lipinski definition) is 2. The first-order valence-corrected chi connectivity index (χ1v) is 6.47. The molecule has 1 saturated carbocycles. The summed E-state index contributed by atoms with van der Waals surface area (Å²) in [6.07, 6.45) is 3.74. The van der Waals surface area contributed by atoms with Gasteiger partial charge in [-0.15, -0.1) is 0 Å². The van der Waals surface area contributed by atoms with E-state index in [0.717, 1.165) is 31.2 Å². The molecule has 2 heteroatoms. The molecule has 0 radical (unpaired) electrons. The van der Waals surface area contributed by atoms with Gasteiger partial charge in [0.1, 0.15) is 0 Å². The molecule has 1 N–H and O–H groups in total. The molecule has 0 aromatic heterocycles. The lowest BCUT2D eigenvalue weighted by Gasteiger charge is -2.31. The maximum absolute atomic E-state index is 12.3. The fraction of sp³-hybridized carbons (Fsp3) is 0.533. The van der Waals surface area contributed by atoms with Crippen molar-refractivity contribution in [1.29, 1.82) is 0 Å². The molecule has 2 nitrogen and oxygen atoms in total. The molecule has 0 heterocycles. The molecular formula is C15H20O2. The van der Waals surface area contributed by atoms with Gasteiger partial charge in [-0.2, -0.15) is 0 Å². The van der Waals surface area contributed by atoms with E-state index in [2.05, 4.69) is 0 Å². The first-order chi connectivity index (χ1) is 8.20. The van der Waals surface area contributed by atoms with Crippen LogP contribution in [0.25, 0.3) is 0 Å². The summed E-state index contributed by atoms with van der Waals surface area (Å²) in [6, 6.07) is 9.40. The fourth-order valence-electron chi connectivity index (χ4n) is 2.78. The van der Waals surface area contributed by atoms with Crippen molar-refractivity contribution in [2.75, 3.05) is 0 Å². The molecule has 0 saturated heterocycles. The number of rotatable bonds is 3. The Labute approximate surface area is 103 Å². The smallest absolute Gasteiger partial charge is 0.166 e. The van der Waals surface area contributed by atoms with E-state index in [-0.39, 0.29) is 23.7 Å². The van der Waals surface area contributed by atoms with Gasteiger partial charge in [0.2, 0.25) is 0 Å². The third kappa shape index (κ3) is 2.75. The topological polar surface area (TPSA) is 37.3 Å². The summed E-state index contributed by atoms with van der Waals surface area (Å²) in [7, 11) is 0. The summed E-state index contributed by atoms with van der Waals surface area (Å²) < 4.78 is 0. The minimum atomic E-state index is -0.300. The molecule has 17 heavy (non-hydrogen) atoms. The van der Waals surface area contributed by atoms with Crippen LogP contribution in [0, 0.1) is 11.8 Å². The third-order valence-corrected chi connectivity index (χ3v) is 3.90. The van der Waals surface area contributed by atoms with Gasteiger partial charge in [0.05, 0.1) is 6.10 Å². The van der Waals surface area contributed by atoms with Crippen molar-refractivity contribution in [1.82, 2.24) is 0 Å². The number of aliphatic hydroxyl groups is 1. The van der Waals surface area contributed by atoms with Crippen LogP contribution >= 0.6 is 0 Å². The molecule has 1 fully saturated rings. The Balaban J connectivity index is 2.09. The Morgan fingerprint density at radius 2 is 1.88 bits per heavy atom. The van der Waals surface area contributed by atoms with E-state index in [1.54, 1.807) is 0 Å². The quantitative estimate of drug-likeness (QED) is 0.813. The van der Waals surface area contributed by atoms with Gasteiger partial charge >= 0.3 is 0 Å². The predicted octanol–water partition coefficient (Wildman–Crippen LogP) is 3.06. The highest BCUT2D eigenvalue weighted by Gasteiger charge is 2.32. The minimum Gasteiger partial charge on any atom is -0.393 e. The molecule has 0 aliphatic heterocycles. The lowest BCUT2D eigenvalue weighted by molar-refractivity contribution is 0.0374. The zero-order valence-corrected chi connectivity index (χ0v) is 10.3. The first-order valence-electron chi connectivity index (χ1n) is 6.47. The van der Waals surface area contributed by atoms with Crippen LogP contribution in [-0.2, 0) is 0 Å². The van der Waals surface area contributed by atoms with Crippen molar-refractivity contribution in [3.8, 4) is 0 Å². The summed E-state index contributed by atoms with van der Waals surface area (Å²) in [5.41, 5.74) is 0.762. The van der Waals surface area contributed by atoms with Crippen LogP contribution in [0.1, 0.15) is 43.0 Å². The van der Waals surface area contributed by atoms with Crippen molar-refractivity contribution < 1.29 is 9.90 Å². The van der Waals surface area contributed by atoms with E-state index in [1.165, 1.54) is 0 Å². The molecule has 0 spiro atoms. The van der Waals surface area contributed by atoms with Crippen LogP contribution in [0.3, 0.4) is 0 Å². The summed E-state index contributed by atoms with van der Waals surface area (Å²) in [5.74, 6) is 0.223. The molecule has 0 amide bonds. The standard InChI is InChI=1S/C15H20O2/c1-11(13-9-5-6-10-14(13)16)15(17)12-7-3-2-4-8-12/h2-4,7-8,11,13-14,16H,5-6,9-10H2,1H3/t11-,13?,14-/m0/s1. The van der Waals surface area contributed by atoms with Crippen molar-refractivity contribution in [2.24, 2.45) is 11.8 Å². The second-order valence-electron chi connectivity index (χ2n) is 5.03. The van der Waals surface area contributed by atoms with Gasteiger partial charge < -0.3 is 5.11 Å². The predicted molar refractivity (Wildman–Crippen MR) is 67.9 cm³/mol. The second-order valence-corrected chi connectivity index (χ2v) is 5.03. The van der Waals surface area contributed by atoms with Gasteiger partial charge in [-0.25, -0.2) is 0 Å². The van der Waals surface area contributed by atoms with Gasteiger partial charge in [-0.05, 0) is 18.8 Å². The van der Waals surface area contributed by atoms with E-state index < -0.39 is 0 Å². The fourth-order valence-corrected chi connectivity index (χ4v) is 2.78. The normalized spacial score (nSPS) is 26.5. The summed E-state index contributed by atoms with van der Waals surface area (Å²) in [6.45, 7) is 1.95. The van der Waals surface area contributed by atoms with Crippen LogP contribution in [0.4, 0.5) is 0 Å². The summed E-state index contributed by atoms with van der Waals surface area (Å²) in [4.78, 5) is 12.3. The van der Waals surface area contributed by atoms with E-state index >= 15 is 0 Å². The summed E-state index contributed by atoms with van der Waals surface area (Å²) in [5, 5.41) is 9.98. The zero-order valence-electron chi connectivity index (χ0n) is 10.3. The highest BCUT2D eigenvalue weighted by Crippen LogP contribution is 2.32. The van der Waals surface area contributed by atoms with Crippen LogP contribution in [0.15, 0.2) is 30.3 Å². The Morgan fingerprint density at radius 1 is 1.24 bits per heavy atom. The average Bonchev–Trinajstić information content (AvgIpc) is 2.39. The van der Waals surface area contributed by atoms with Crippen LogP contribution in [0.2, 0.25) is 0 Å². The largest absolute Gasteiger partial charge is 0.393 e. The average molecular weight is 232 g/mol. The SMILES string of the molecule is C[C@H](C(=O)c1ccccc1)C1CCCC[C@@H]1O. The highest BCUT2D eigenvalue weighted by atomic mass is 16.3. The zero-order chi connectivity index (χ0) is 12.3. The molecular weight excluding hydrogens is 212 g/mol. The van der Waals surface area contributed by atoms with E-state index in [9.17, 15) is 9.90 Å². The lowest BCUT2D eigenvalue weighted by Crippen LogP contribution is -2.33. The van der Waals surface area contributed by atoms with E-state index in [1.807, 2.05) is 37.3 Å².